The summed E-state index contributed by atoms with van der Waals surface area (Å²) in [5, 5.41) is 9.65. The smallest absolute Gasteiger partial charge is 0.407 e. The zero-order valence-corrected chi connectivity index (χ0v) is 27.2. The maximum atomic E-state index is 12.0. The number of hydrogen-bond acceptors (Lipinski definition) is 7. The second-order valence-electron chi connectivity index (χ2n) is 11.9. The summed E-state index contributed by atoms with van der Waals surface area (Å²) in [7, 11) is 1.66. The average molecular weight is 647 g/mol. The highest BCUT2D eigenvalue weighted by Crippen LogP contribution is 2.32. The summed E-state index contributed by atoms with van der Waals surface area (Å²) in [6, 6.07) is 23.7. The Balaban J connectivity index is 1.07. The Labute approximate surface area is 277 Å². The molecule has 2 atom stereocenters. The average Bonchev–Trinajstić information content (AvgIpc) is 3.52. The minimum Gasteiger partial charge on any atom is -0.496 e. The SMILES string of the molecule is COc1ccccc1COCCCOc1ccc(C2CCN(C(=O)O)CC2OCCOc2ccccc2CCN2CCCC2=O)cc1. The Morgan fingerprint density at radius 3 is 2.38 bits per heavy atom. The normalized spacial score (nSPS) is 17.9. The maximum absolute atomic E-state index is 12.0. The fourth-order valence-corrected chi connectivity index (χ4v) is 6.21. The number of rotatable bonds is 17. The van der Waals surface area contributed by atoms with Gasteiger partial charge in [0, 0.05) is 44.0 Å². The molecule has 0 radical (unpaired) electrons. The van der Waals surface area contributed by atoms with Gasteiger partial charge in [-0.15, -0.1) is 0 Å². The van der Waals surface area contributed by atoms with Crippen LogP contribution in [0.3, 0.4) is 0 Å². The van der Waals surface area contributed by atoms with E-state index in [-0.39, 0.29) is 17.9 Å². The Morgan fingerprint density at radius 1 is 0.872 bits per heavy atom. The molecule has 1 N–H and O–H groups in total. The van der Waals surface area contributed by atoms with Crippen LogP contribution in [0.2, 0.25) is 0 Å². The molecule has 2 aliphatic heterocycles. The summed E-state index contributed by atoms with van der Waals surface area (Å²) in [6.07, 6.45) is 2.48. The molecule has 0 bridgehead atoms. The van der Waals surface area contributed by atoms with Gasteiger partial charge in [0.1, 0.15) is 23.9 Å². The largest absolute Gasteiger partial charge is 0.496 e. The molecule has 2 unspecified atom stereocenters. The standard InChI is InChI=1S/C37H46N2O8/c1-43-33-10-4-3-9-30(33)27-44-22-7-23-45-31-15-13-28(14-16-31)32-18-21-39(37(41)42)26-35(32)47-25-24-46-34-11-5-2-8-29(34)17-20-38-19-6-12-36(38)40/h2-5,8-11,13-16,32,35H,6-7,12,17-27H2,1H3,(H,41,42). The lowest BCUT2D eigenvalue weighted by atomic mass is 9.87. The van der Waals surface area contributed by atoms with Crippen molar-refractivity contribution in [1.82, 2.24) is 9.80 Å². The predicted octanol–water partition coefficient (Wildman–Crippen LogP) is 5.78. The molecule has 2 saturated heterocycles. The van der Waals surface area contributed by atoms with Crippen LogP contribution in [0.1, 0.15) is 48.3 Å². The van der Waals surface area contributed by atoms with Crippen LogP contribution in [-0.2, 0) is 27.3 Å². The highest BCUT2D eigenvalue weighted by Gasteiger charge is 2.33. The van der Waals surface area contributed by atoms with Gasteiger partial charge in [0.15, 0.2) is 0 Å². The number of likely N-dealkylation sites (tertiary alicyclic amines) is 2. The number of methoxy groups -OCH3 is 1. The first kappa shape index (κ1) is 34.1. The summed E-state index contributed by atoms with van der Waals surface area (Å²) in [5.41, 5.74) is 3.17. The number of hydrogen-bond donors (Lipinski definition) is 1. The molecule has 0 aliphatic carbocycles. The number of ether oxygens (including phenoxy) is 5. The molecular formula is C37H46N2O8. The number of carbonyl (C=O) groups is 2. The van der Waals surface area contributed by atoms with Crippen LogP contribution in [0.5, 0.6) is 17.2 Å². The van der Waals surface area contributed by atoms with Crippen LogP contribution >= 0.6 is 0 Å². The second-order valence-corrected chi connectivity index (χ2v) is 11.9. The monoisotopic (exact) mass is 646 g/mol. The Morgan fingerprint density at radius 2 is 1.64 bits per heavy atom. The minimum atomic E-state index is -0.936. The van der Waals surface area contributed by atoms with Gasteiger partial charge in [0.25, 0.3) is 0 Å². The second kappa shape index (κ2) is 17.6. The molecule has 0 aromatic heterocycles. The van der Waals surface area contributed by atoms with Crippen molar-refractivity contribution in [2.45, 2.75) is 50.7 Å². The van der Waals surface area contributed by atoms with Crippen molar-refractivity contribution >= 4 is 12.0 Å². The zero-order valence-electron chi connectivity index (χ0n) is 27.2. The maximum Gasteiger partial charge on any atom is 0.407 e. The first-order chi connectivity index (χ1) is 23.0. The number of carboxylic acid groups (broad SMARTS) is 1. The van der Waals surface area contributed by atoms with Crippen LogP contribution in [0.25, 0.3) is 0 Å². The van der Waals surface area contributed by atoms with E-state index in [2.05, 4.69) is 0 Å². The van der Waals surface area contributed by atoms with Crippen LogP contribution in [0.4, 0.5) is 4.79 Å². The molecule has 5 rings (SSSR count). The van der Waals surface area contributed by atoms with Gasteiger partial charge in [-0.3, -0.25) is 4.79 Å². The van der Waals surface area contributed by atoms with Gasteiger partial charge in [-0.1, -0.05) is 48.5 Å². The van der Waals surface area contributed by atoms with E-state index >= 15 is 0 Å². The summed E-state index contributed by atoms with van der Waals surface area (Å²) in [5.74, 6) is 2.66. The molecule has 0 spiro atoms. The fourth-order valence-electron chi connectivity index (χ4n) is 6.21. The number of benzene rings is 3. The minimum absolute atomic E-state index is 0.0494. The lowest BCUT2D eigenvalue weighted by molar-refractivity contribution is -0.127. The van der Waals surface area contributed by atoms with Gasteiger partial charge in [0.05, 0.1) is 46.2 Å². The molecule has 2 amide bonds. The van der Waals surface area contributed by atoms with E-state index in [4.69, 9.17) is 23.7 Å². The fraction of sp³-hybridized carbons (Fsp3) is 0.459. The highest BCUT2D eigenvalue weighted by molar-refractivity contribution is 5.78. The van der Waals surface area contributed by atoms with Gasteiger partial charge in [-0.25, -0.2) is 4.79 Å². The van der Waals surface area contributed by atoms with Gasteiger partial charge < -0.3 is 38.6 Å². The molecule has 10 heteroatoms. The number of amides is 2. The molecule has 2 heterocycles. The zero-order chi connectivity index (χ0) is 32.8. The van der Waals surface area contributed by atoms with Crippen molar-refractivity contribution in [2.24, 2.45) is 0 Å². The molecule has 2 aliphatic rings. The summed E-state index contributed by atoms with van der Waals surface area (Å²) >= 11 is 0. The summed E-state index contributed by atoms with van der Waals surface area (Å²) in [6.45, 7) is 4.53. The third-order valence-electron chi connectivity index (χ3n) is 8.76. The number of para-hydroxylation sites is 2. The van der Waals surface area contributed by atoms with Crippen LogP contribution < -0.4 is 14.2 Å². The van der Waals surface area contributed by atoms with Crippen molar-refractivity contribution in [3.63, 3.8) is 0 Å². The number of piperidine rings is 1. The Hall–Kier alpha value is -4.28. The Kier molecular flexibility index (Phi) is 12.7. The molecule has 0 saturated carbocycles. The molecule has 252 valence electrons. The van der Waals surface area contributed by atoms with Gasteiger partial charge in [-0.05, 0) is 54.7 Å². The third-order valence-corrected chi connectivity index (χ3v) is 8.76. The molecule has 2 fully saturated rings. The molecule has 3 aromatic carbocycles. The van der Waals surface area contributed by atoms with Crippen molar-refractivity contribution < 1.29 is 38.4 Å². The third kappa shape index (κ3) is 9.86. The number of nitrogens with zero attached hydrogens (tertiary/aromatic N) is 2. The predicted molar refractivity (Wildman–Crippen MR) is 177 cm³/mol. The van der Waals surface area contributed by atoms with Crippen molar-refractivity contribution in [1.29, 1.82) is 0 Å². The lowest BCUT2D eigenvalue weighted by Crippen LogP contribution is -2.46. The van der Waals surface area contributed by atoms with Crippen molar-refractivity contribution in [3.8, 4) is 17.2 Å². The van der Waals surface area contributed by atoms with Gasteiger partial charge in [0.2, 0.25) is 5.91 Å². The van der Waals surface area contributed by atoms with Crippen molar-refractivity contribution in [2.75, 3.05) is 59.7 Å². The Bertz CT molecular complexity index is 1430. The van der Waals surface area contributed by atoms with E-state index in [0.717, 1.165) is 59.7 Å². The summed E-state index contributed by atoms with van der Waals surface area (Å²) < 4.78 is 29.5. The molecule has 3 aromatic rings. The number of carbonyl (C=O) groups excluding carboxylic acids is 1. The van der Waals surface area contributed by atoms with E-state index in [1.807, 2.05) is 77.7 Å². The first-order valence-electron chi connectivity index (χ1n) is 16.5. The lowest BCUT2D eigenvalue weighted by Gasteiger charge is -2.37. The molecule has 47 heavy (non-hydrogen) atoms. The van der Waals surface area contributed by atoms with E-state index in [1.165, 1.54) is 4.90 Å². The van der Waals surface area contributed by atoms with E-state index in [0.29, 0.717) is 65.5 Å². The van der Waals surface area contributed by atoms with Crippen LogP contribution in [0, 0.1) is 0 Å². The first-order valence-corrected chi connectivity index (χ1v) is 16.5. The van der Waals surface area contributed by atoms with Gasteiger partial charge in [-0.2, -0.15) is 0 Å². The topological polar surface area (TPSA) is 107 Å². The van der Waals surface area contributed by atoms with E-state index < -0.39 is 6.09 Å². The molecule has 10 nitrogen and oxygen atoms in total. The van der Waals surface area contributed by atoms with Crippen molar-refractivity contribution in [3.05, 3.63) is 89.5 Å². The van der Waals surface area contributed by atoms with E-state index in [9.17, 15) is 14.7 Å². The highest BCUT2D eigenvalue weighted by atomic mass is 16.5. The van der Waals surface area contributed by atoms with E-state index in [1.54, 1.807) is 7.11 Å². The molecular weight excluding hydrogens is 600 g/mol. The van der Waals surface area contributed by atoms with Crippen LogP contribution in [0.15, 0.2) is 72.8 Å². The quantitative estimate of drug-likeness (QED) is 0.184. The summed E-state index contributed by atoms with van der Waals surface area (Å²) in [4.78, 5) is 27.1. The van der Waals surface area contributed by atoms with Gasteiger partial charge >= 0.3 is 6.09 Å². The van der Waals surface area contributed by atoms with Crippen LogP contribution in [-0.4, -0.2) is 92.7 Å².